The Labute approximate surface area is 85.5 Å². The molecule has 2 rings (SSSR count). The van der Waals surface area contributed by atoms with E-state index in [1.807, 2.05) is 0 Å². The number of H-pyrrole nitrogens is 1. The molecule has 2 heterocycles. The van der Waals surface area contributed by atoms with Crippen molar-refractivity contribution in [3.63, 3.8) is 0 Å². The minimum Gasteiger partial charge on any atom is -0.477 e. The quantitative estimate of drug-likeness (QED) is 0.767. The van der Waals surface area contributed by atoms with Crippen molar-refractivity contribution in [2.75, 3.05) is 13.2 Å². The van der Waals surface area contributed by atoms with Crippen LogP contribution in [-0.4, -0.2) is 40.2 Å². The topological polar surface area (TPSA) is 82.6 Å². The van der Waals surface area contributed by atoms with Crippen LogP contribution in [-0.2, 0) is 11.3 Å². The lowest BCUT2D eigenvalue weighted by Crippen LogP contribution is -2.23. The van der Waals surface area contributed by atoms with Gasteiger partial charge in [-0.05, 0) is 11.6 Å². The molecule has 6 heteroatoms. The number of hydrogen-bond acceptors (Lipinski definition) is 3. The third-order valence-electron chi connectivity index (χ3n) is 2.19. The molecule has 0 saturated carbocycles. The van der Waals surface area contributed by atoms with Crippen molar-refractivity contribution in [2.24, 2.45) is 0 Å². The van der Waals surface area contributed by atoms with Gasteiger partial charge in [0.05, 0.1) is 13.1 Å². The van der Waals surface area contributed by atoms with Gasteiger partial charge in [0.25, 0.3) is 0 Å². The van der Waals surface area contributed by atoms with E-state index in [2.05, 4.69) is 4.98 Å². The van der Waals surface area contributed by atoms with Crippen LogP contribution < -0.4 is 0 Å². The van der Waals surface area contributed by atoms with Crippen LogP contribution >= 0.6 is 0 Å². The summed E-state index contributed by atoms with van der Waals surface area (Å²) in [6, 6.07) is 1.51. The lowest BCUT2D eigenvalue weighted by atomic mass is 10.3. The van der Waals surface area contributed by atoms with Gasteiger partial charge in [-0.25, -0.2) is 9.59 Å². The van der Waals surface area contributed by atoms with Crippen LogP contribution in [0.2, 0.25) is 0 Å². The number of amides is 1. The SMILES string of the molecule is O=C(O)c1cc(CN2CCOC2=O)c[nH]1. The molecule has 1 aliphatic rings. The lowest BCUT2D eigenvalue weighted by molar-refractivity contribution is 0.0691. The molecule has 6 nitrogen and oxygen atoms in total. The predicted molar refractivity (Wildman–Crippen MR) is 49.5 cm³/mol. The first-order valence-electron chi connectivity index (χ1n) is 4.49. The van der Waals surface area contributed by atoms with Crippen molar-refractivity contribution in [3.8, 4) is 0 Å². The minimum atomic E-state index is -1.01. The van der Waals surface area contributed by atoms with Crippen LogP contribution in [0.3, 0.4) is 0 Å². The highest BCUT2D eigenvalue weighted by Crippen LogP contribution is 2.11. The van der Waals surface area contributed by atoms with E-state index < -0.39 is 5.97 Å². The number of aromatic carboxylic acids is 1. The fourth-order valence-corrected chi connectivity index (χ4v) is 1.44. The van der Waals surface area contributed by atoms with Gasteiger partial charge in [0.2, 0.25) is 0 Å². The number of carbonyl (C=O) groups is 2. The number of carbonyl (C=O) groups excluding carboxylic acids is 1. The zero-order valence-corrected chi connectivity index (χ0v) is 7.90. The molecule has 1 fully saturated rings. The van der Waals surface area contributed by atoms with E-state index in [0.717, 1.165) is 5.56 Å². The van der Waals surface area contributed by atoms with E-state index in [9.17, 15) is 9.59 Å². The Morgan fingerprint density at radius 1 is 1.67 bits per heavy atom. The van der Waals surface area contributed by atoms with E-state index in [-0.39, 0.29) is 11.8 Å². The van der Waals surface area contributed by atoms with Gasteiger partial charge < -0.3 is 19.7 Å². The van der Waals surface area contributed by atoms with E-state index in [1.165, 1.54) is 11.0 Å². The Morgan fingerprint density at radius 2 is 2.47 bits per heavy atom. The summed E-state index contributed by atoms with van der Waals surface area (Å²) in [4.78, 5) is 25.8. The summed E-state index contributed by atoms with van der Waals surface area (Å²) in [5, 5.41) is 8.67. The van der Waals surface area contributed by atoms with Crippen molar-refractivity contribution in [2.45, 2.75) is 6.54 Å². The third-order valence-corrected chi connectivity index (χ3v) is 2.19. The van der Waals surface area contributed by atoms with Crippen LogP contribution in [0.1, 0.15) is 16.1 Å². The average Bonchev–Trinajstić information content (AvgIpc) is 2.77. The number of nitrogens with one attached hydrogen (secondary N) is 1. The summed E-state index contributed by atoms with van der Waals surface area (Å²) in [5.74, 6) is -1.01. The Morgan fingerprint density at radius 3 is 3.00 bits per heavy atom. The molecule has 0 unspecified atom stereocenters. The number of rotatable bonds is 3. The maximum atomic E-state index is 11.1. The molecule has 1 saturated heterocycles. The van der Waals surface area contributed by atoms with E-state index in [0.29, 0.717) is 19.7 Å². The molecule has 1 amide bonds. The summed E-state index contributed by atoms with van der Waals surface area (Å²) in [6.07, 6.45) is 1.22. The summed E-state index contributed by atoms with van der Waals surface area (Å²) < 4.78 is 4.75. The molecule has 0 aliphatic carbocycles. The van der Waals surface area contributed by atoms with Crippen LogP contribution in [0, 0.1) is 0 Å². The number of carboxylic acids is 1. The highest BCUT2D eigenvalue weighted by molar-refractivity contribution is 5.85. The monoisotopic (exact) mass is 210 g/mol. The summed E-state index contributed by atoms with van der Waals surface area (Å²) >= 11 is 0. The number of aromatic nitrogens is 1. The highest BCUT2D eigenvalue weighted by atomic mass is 16.6. The third kappa shape index (κ3) is 1.93. The molecular formula is C9H10N2O4. The molecule has 80 valence electrons. The van der Waals surface area contributed by atoms with Gasteiger partial charge in [0.15, 0.2) is 0 Å². The van der Waals surface area contributed by atoms with Crippen LogP contribution in [0.4, 0.5) is 4.79 Å². The smallest absolute Gasteiger partial charge is 0.410 e. The first-order valence-corrected chi connectivity index (χ1v) is 4.49. The minimum absolute atomic E-state index is 0.123. The van der Waals surface area contributed by atoms with Crippen molar-refractivity contribution >= 4 is 12.1 Å². The second kappa shape index (κ2) is 3.64. The molecule has 1 aromatic heterocycles. The average molecular weight is 210 g/mol. The van der Waals surface area contributed by atoms with Gasteiger partial charge in [-0.1, -0.05) is 0 Å². The van der Waals surface area contributed by atoms with Crippen LogP contribution in [0.5, 0.6) is 0 Å². The van der Waals surface area contributed by atoms with Gasteiger partial charge in [0, 0.05) is 6.20 Å². The van der Waals surface area contributed by atoms with Crippen LogP contribution in [0.15, 0.2) is 12.3 Å². The number of aromatic amines is 1. The first-order chi connectivity index (χ1) is 7.16. The maximum absolute atomic E-state index is 11.1. The van der Waals surface area contributed by atoms with Crippen molar-refractivity contribution in [3.05, 3.63) is 23.5 Å². The van der Waals surface area contributed by atoms with Crippen LogP contribution in [0.25, 0.3) is 0 Å². The molecule has 1 aromatic rings. The number of carboxylic acid groups (broad SMARTS) is 1. The Kier molecular flexibility index (Phi) is 2.32. The highest BCUT2D eigenvalue weighted by Gasteiger charge is 2.22. The normalized spacial score (nSPS) is 15.5. The second-order valence-electron chi connectivity index (χ2n) is 3.26. The summed E-state index contributed by atoms with van der Waals surface area (Å²) in [6.45, 7) is 1.32. The van der Waals surface area contributed by atoms with Gasteiger partial charge in [-0.3, -0.25) is 0 Å². The van der Waals surface area contributed by atoms with Crippen molar-refractivity contribution in [1.82, 2.24) is 9.88 Å². The number of cyclic esters (lactones) is 1. The molecule has 0 bridgehead atoms. The Bertz CT molecular complexity index is 399. The summed E-state index contributed by atoms with van der Waals surface area (Å²) in [5.41, 5.74) is 0.879. The van der Waals surface area contributed by atoms with E-state index in [1.54, 1.807) is 6.20 Å². The number of hydrogen-bond donors (Lipinski definition) is 2. The van der Waals surface area contributed by atoms with E-state index >= 15 is 0 Å². The first kappa shape index (κ1) is 9.57. The summed E-state index contributed by atoms with van der Waals surface area (Å²) in [7, 11) is 0. The molecule has 0 spiro atoms. The maximum Gasteiger partial charge on any atom is 0.410 e. The molecule has 0 radical (unpaired) electrons. The molecular weight excluding hydrogens is 200 g/mol. The van der Waals surface area contributed by atoms with Crippen molar-refractivity contribution < 1.29 is 19.4 Å². The van der Waals surface area contributed by atoms with E-state index in [4.69, 9.17) is 9.84 Å². The van der Waals surface area contributed by atoms with Gasteiger partial charge in [0.1, 0.15) is 12.3 Å². The Hall–Kier alpha value is -1.98. The lowest BCUT2D eigenvalue weighted by Gasteiger charge is -2.10. The molecule has 0 aromatic carbocycles. The zero-order valence-electron chi connectivity index (χ0n) is 7.90. The molecule has 2 N–H and O–H groups in total. The van der Waals surface area contributed by atoms with Gasteiger partial charge in [-0.2, -0.15) is 0 Å². The fraction of sp³-hybridized carbons (Fsp3) is 0.333. The fourth-order valence-electron chi connectivity index (χ4n) is 1.44. The predicted octanol–water partition coefficient (Wildman–Crippen LogP) is 0.665. The number of ether oxygens (including phenoxy) is 1. The van der Waals surface area contributed by atoms with Gasteiger partial charge >= 0.3 is 12.1 Å². The largest absolute Gasteiger partial charge is 0.477 e. The zero-order chi connectivity index (χ0) is 10.8. The molecule has 15 heavy (non-hydrogen) atoms. The Balaban J connectivity index is 2.04. The van der Waals surface area contributed by atoms with Crippen molar-refractivity contribution in [1.29, 1.82) is 0 Å². The number of nitrogens with zero attached hydrogens (tertiary/aromatic N) is 1. The standard InChI is InChI=1S/C9H10N2O4/c12-8(13)7-3-6(4-10-7)5-11-1-2-15-9(11)14/h3-4,10H,1-2,5H2,(H,12,13). The molecule has 1 aliphatic heterocycles. The second-order valence-corrected chi connectivity index (χ2v) is 3.26. The van der Waals surface area contributed by atoms with Gasteiger partial charge in [-0.15, -0.1) is 0 Å². The molecule has 0 atom stereocenters.